The van der Waals surface area contributed by atoms with Crippen molar-refractivity contribution in [3.63, 3.8) is 0 Å². The van der Waals surface area contributed by atoms with Crippen molar-refractivity contribution in [1.29, 1.82) is 0 Å². The van der Waals surface area contributed by atoms with E-state index < -0.39 is 24.8 Å². The number of rotatable bonds is 46. The minimum absolute atomic E-state index is 0.0176. The van der Waals surface area contributed by atoms with Gasteiger partial charge in [0.1, 0.15) is 46.0 Å². The van der Waals surface area contributed by atoms with Crippen LogP contribution in [0.5, 0.6) is 46.0 Å². The second-order valence-electron chi connectivity index (χ2n) is 29.9. The smallest absolute Gasteiger partial charge is 0.319 e. The third-order valence-electron chi connectivity index (χ3n) is 22.0. The van der Waals surface area contributed by atoms with Crippen LogP contribution in [0, 0.1) is 0 Å². The number of phenolic OH excluding ortho intramolecular Hbond substituents is 4. The Morgan fingerprint density at radius 2 is 0.450 bits per heavy atom. The molecule has 0 saturated heterocycles. The zero-order valence-electron chi connectivity index (χ0n) is 61.9. The van der Waals surface area contributed by atoms with E-state index in [4.69, 9.17) is 41.7 Å². The van der Waals surface area contributed by atoms with Gasteiger partial charge in [0.15, 0.2) is 0 Å². The molecule has 4 N–H and O–H groups in total. The molecular weight excluding hydrogens is 1310 g/mol. The van der Waals surface area contributed by atoms with Crippen LogP contribution in [0.15, 0.2) is 109 Å². The van der Waals surface area contributed by atoms with Crippen molar-refractivity contribution < 1.29 is 38.5 Å². The summed E-state index contributed by atoms with van der Waals surface area (Å²) >= 11 is 13.7. The molecule has 0 spiro atoms. The highest BCUT2D eigenvalue weighted by atomic mass is 32.5. The molecule has 548 valence electrons. The third kappa shape index (κ3) is 22.5. The average Bonchev–Trinajstić information content (AvgIpc) is 0.731. The molecule has 2 heterocycles. The highest BCUT2D eigenvalue weighted by Gasteiger charge is 2.41. The predicted molar refractivity (Wildman–Crippen MR) is 429 cm³/mol. The molecule has 12 heteroatoms. The first kappa shape index (κ1) is 79.1. The molecule has 2 aliphatic heterocycles. The fourth-order valence-corrected chi connectivity index (χ4v) is 21.1. The van der Waals surface area contributed by atoms with E-state index in [0.717, 1.165) is 123 Å². The van der Waals surface area contributed by atoms with Gasteiger partial charge in [0.2, 0.25) is 0 Å². The van der Waals surface area contributed by atoms with E-state index in [1.54, 1.807) is 0 Å². The maximum absolute atomic E-state index is 13.1. The number of hydrogen-bond donors (Lipinski definition) is 4. The fourth-order valence-electron chi connectivity index (χ4n) is 16.2. The first-order chi connectivity index (χ1) is 48.9. The van der Waals surface area contributed by atoms with Gasteiger partial charge in [-0.15, -0.1) is 0 Å². The zero-order valence-corrected chi connectivity index (χ0v) is 65.4. The number of aromatic hydroxyl groups is 4. The zero-order chi connectivity index (χ0) is 70.4. The Bertz CT molecular complexity index is 3280. The Kier molecular flexibility index (Phi) is 33.3. The minimum Gasteiger partial charge on any atom is -0.508 e. The van der Waals surface area contributed by atoms with Crippen molar-refractivity contribution >= 4 is 47.2 Å². The number of benzene rings is 6. The van der Waals surface area contributed by atoms with E-state index in [9.17, 15) is 20.4 Å². The topological polar surface area (TPSA) is 118 Å². The fraction of sp³-hybridized carbons (Fsp3) is 0.591. The van der Waals surface area contributed by atoms with Gasteiger partial charge < -0.3 is 38.5 Å². The normalized spacial score (nSPS) is 19.0. The van der Waals surface area contributed by atoms with Crippen LogP contribution in [0.3, 0.4) is 0 Å². The van der Waals surface area contributed by atoms with E-state index in [-0.39, 0.29) is 34.8 Å². The van der Waals surface area contributed by atoms with E-state index in [0.29, 0.717) is 58.1 Å². The molecule has 9 rings (SSSR count). The summed E-state index contributed by atoms with van der Waals surface area (Å²) in [5, 5.41) is 53.0. The van der Waals surface area contributed by atoms with Gasteiger partial charge in [-0.2, -0.15) is 0 Å². The van der Waals surface area contributed by atoms with Crippen molar-refractivity contribution in [1.82, 2.24) is 0 Å². The summed E-state index contributed by atoms with van der Waals surface area (Å²) in [7, 11) is 0. The minimum atomic E-state index is -3.52. The SMILES string of the molecule is CCCCCCCCCCCCC1c2cc(c(O)cc2O)C(CCCCCCCCCCCC)c2cc3c(cc2O)OP(=S)(c2ccccc2)Oc2cc4c(cc2C3CCCCCCCCCCCC)C(CCCCCCCCCCCC)c2cc1c(O)cc2OP(=S)(c1ccccc1)O4. The van der Waals surface area contributed by atoms with E-state index in [1.807, 2.05) is 78.9 Å². The van der Waals surface area contributed by atoms with E-state index in [1.165, 1.54) is 186 Å². The molecule has 100 heavy (non-hydrogen) atoms. The first-order valence-electron chi connectivity index (χ1n) is 40.5. The first-order valence-corrected chi connectivity index (χ1v) is 45.7. The summed E-state index contributed by atoms with van der Waals surface area (Å²) in [6.45, 7) is 2.07. The van der Waals surface area contributed by atoms with Crippen LogP contribution >= 0.6 is 13.0 Å². The van der Waals surface area contributed by atoms with Gasteiger partial charge in [0, 0.05) is 92.4 Å². The highest BCUT2D eigenvalue weighted by molar-refractivity contribution is 8.14. The lowest BCUT2D eigenvalue weighted by Gasteiger charge is -2.37. The third-order valence-corrected chi connectivity index (χ3v) is 27.8. The van der Waals surface area contributed by atoms with Crippen molar-refractivity contribution in [3.8, 4) is 46.0 Å². The second-order valence-corrected chi connectivity index (χ2v) is 36.6. The Hall–Kier alpha value is -4.98. The molecule has 6 aromatic carbocycles. The second kappa shape index (κ2) is 42.1. The monoisotopic (exact) mass is 1440 g/mol. The van der Waals surface area contributed by atoms with E-state index >= 15 is 0 Å². The van der Waals surface area contributed by atoms with Crippen molar-refractivity contribution in [2.45, 2.75) is 334 Å². The van der Waals surface area contributed by atoms with Crippen LogP contribution in [-0.4, -0.2) is 20.4 Å². The molecule has 0 saturated carbocycles. The van der Waals surface area contributed by atoms with Crippen molar-refractivity contribution in [2.24, 2.45) is 0 Å². The quantitative estimate of drug-likeness (QED) is 0.0217. The van der Waals surface area contributed by atoms with E-state index in [2.05, 4.69) is 52.0 Å². The van der Waals surface area contributed by atoms with Crippen LogP contribution in [0.4, 0.5) is 0 Å². The lowest BCUT2D eigenvalue weighted by atomic mass is 9.76. The summed E-state index contributed by atoms with van der Waals surface area (Å²) in [6.07, 6.45) is 50.4. The molecule has 0 fully saturated rings. The lowest BCUT2D eigenvalue weighted by molar-refractivity contribution is 0.424. The van der Waals surface area contributed by atoms with Gasteiger partial charge in [0.05, 0.1) is 10.6 Å². The van der Waals surface area contributed by atoms with Gasteiger partial charge in [-0.3, -0.25) is 0 Å². The van der Waals surface area contributed by atoms with Gasteiger partial charge >= 0.3 is 13.0 Å². The summed E-state index contributed by atoms with van der Waals surface area (Å²) < 4.78 is 29.9. The number of hydrogen-bond acceptors (Lipinski definition) is 10. The Morgan fingerprint density at radius 1 is 0.250 bits per heavy atom. The molecule has 6 unspecified atom stereocenters. The Balaban J connectivity index is 1.26. The molecule has 6 aromatic rings. The summed E-state index contributed by atoms with van der Waals surface area (Å²) in [5.74, 6) is 0.720. The van der Waals surface area contributed by atoms with Crippen LogP contribution < -0.4 is 28.7 Å². The van der Waals surface area contributed by atoms with Crippen LogP contribution in [0.25, 0.3) is 0 Å². The summed E-state index contributed by atoms with van der Waals surface area (Å²) in [6, 6.07) is 35.9. The van der Waals surface area contributed by atoms with Crippen LogP contribution in [0.1, 0.15) is 378 Å². The van der Waals surface area contributed by atoms with Crippen LogP contribution in [0.2, 0.25) is 0 Å². The molecule has 0 aromatic heterocycles. The summed E-state index contributed by atoms with van der Waals surface area (Å²) in [4.78, 5) is 0. The van der Waals surface area contributed by atoms with Gasteiger partial charge in [0.25, 0.3) is 0 Å². The van der Waals surface area contributed by atoms with Crippen molar-refractivity contribution in [3.05, 3.63) is 154 Å². The molecule has 1 aliphatic carbocycles. The highest BCUT2D eigenvalue weighted by Crippen LogP contribution is 2.62. The lowest BCUT2D eigenvalue weighted by Crippen LogP contribution is -2.22. The van der Waals surface area contributed by atoms with Gasteiger partial charge in [-0.1, -0.05) is 321 Å². The molecule has 8 nitrogen and oxygen atoms in total. The largest absolute Gasteiger partial charge is 0.508 e. The van der Waals surface area contributed by atoms with Gasteiger partial charge in [-0.25, -0.2) is 0 Å². The molecular formula is C88H126O8P2S2. The Morgan fingerprint density at radius 3 is 0.710 bits per heavy atom. The maximum atomic E-state index is 13.1. The Labute approximate surface area is 615 Å². The number of phenols is 4. The number of fused-ring (bicyclic) bond motifs is 4. The molecule has 0 amide bonds. The molecule has 3 aliphatic rings. The number of unbranched alkanes of at least 4 members (excludes halogenated alkanes) is 36. The van der Waals surface area contributed by atoms with Crippen LogP contribution in [-0.2, 0) is 23.6 Å². The molecule has 0 radical (unpaired) electrons. The molecule has 8 bridgehead atoms. The average molecular weight is 1440 g/mol. The standard InChI is InChI=1S/C88H126O8P2S2/c1-5-9-13-17-21-25-29-33-37-47-55-69-73-59-74(82(90)63-81(73)89)70(56-48-38-34-30-26-22-18-14-10-6-2)76-61-78-72(58-50-40-36-32-28-24-20-16-12-8-4)80-62-79-71(57-49-39-35-31-27-23-19-15-11-7-3)77-60-75(69)83(91)64-85(77)93-97(99,67-51-43-41-44-52-67)95-87(79)66-88(80)96-98(100,68-53-45-42-46-54-68)94-86(78)65-84(76)92/h41-46,51-54,59-66,69-72,89-92H,5-40,47-50,55-58H2,1-4H3. The van der Waals surface area contributed by atoms with Crippen molar-refractivity contribution in [2.75, 3.05) is 0 Å². The molecule has 6 atom stereocenters. The predicted octanol–water partition coefficient (Wildman–Crippen LogP) is 27.4. The van der Waals surface area contributed by atoms with Gasteiger partial charge in [-0.05, 0) is 97.8 Å². The maximum Gasteiger partial charge on any atom is 0.319 e. The summed E-state index contributed by atoms with van der Waals surface area (Å²) in [5.41, 5.74) is 6.54.